The highest BCUT2D eigenvalue weighted by molar-refractivity contribution is 5.92. The molecule has 1 aromatic heterocycles. The predicted octanol–water partition coefficient (Wildman–Crippen LogP) is 12.8. The second-order valence-electron chi connectivity index (χ2n) is 19.4. The summed E-state index contributed by atoms with van der Waals surface area (Å²) in [6.07, 6.45) is 5.05. The van der Waals surface area contributed by atoms with Crippen molar-refractivity contribution in [1.82, 2.24) is 20.2 Å². The van der Waals surface area contributed by atoms with Gasteiger partial charge < -0.3 is 39.5 Å². The molecular weight excluding hydrogens is 940 g/mol. The Kier molecular flexibility index (Phi) is 17.8. The van der Waals surface area contributed by atoms with Crippen molar-refractivity contribution in [3.63, 3.8) is 0 Å². The fourth-order valence-corrected chi connectivity index (χ4v) is 8.46. The van der Waals surface area contributed by atoms with Gasteiger partial charge in [0, 0.05) is 37.3 Å². The number of nitrogens with one attached hydrogen (secondary N) is 4. The number of amides is 3. The monoisotopic (exact) mass is 1000 g/mol. The number of hydrogen-bond donors (Lipinski definition) is 4. The van der Waals surface area contributed by atoms with Gasteiger partial charge in [-0.3, -0.25) is 10.1 Å². The van der Waals surface area contributed by atoms with Crippen molar-refractivity contribution >= 4 is 65.8 Å². The van der Waals surface area contributed by atoms with Crippen LogP contribution in [0.5, 0.6) is 23.0 Å². The van der Waals surface area contributed by atoms with Gasteiger partial charge in [0.25, 0.3) is 0 Å². The third-order valence-electron chi connectivity index (χ3n) is 11.6. The summed E-state index contributed by atoms with van der Waals surface area (Å²) in [4.78, 5) is 45.8. The van der Waals surface area contributed by atoms with Crippen LogP contribution in [0.3, 0.4) is 0 Å². The van der Waals surface area contributed by atoms with Crippen LogP contribution in [0.2, 0.25) is 0 Å². The van der Waals surface area contributed by atoms with Crippen molar-refractivity contribution in [3.05, 3.63) is 173 Å². The normalized spacial score (nSPS) is 13.0. The molecule has 2 aliphatic carbocycles. The fourth-order valence-electron chi connectivity index (χ4n) is 8.46. The number of nitrogens with zero attached hydrogens (tertiary/aromatic N) is 2. The number of anilines is 2. The van der Waals surface area contributed by atoms with E-state index in [1.54, 1.807) is 45.3 Å². The van der Waals surface area contributed by atoms with E-state index in [0.29, 0.717) is 41.9 Å². The second-order valence-corrected chi connectivity index (χ2v) is 19.4. The van der Waals surface area contributed by atoms with Gasteiger partial charge in [-0.25, -0.2) is 14.6 Å². The van der Waals surface area contributed by atoms with Crippen molar-refractivity contribution < 1.29 is 33.3 Å². The van der Waals surface area contributed by atoms with Gasteiger partial charge in [0.1, 0.15) is 34.2 Å². The molecule has 3 amide bonds. The third kappa shape index (κ3) is 15.0. The minimum atomic E-state index is -0.663. The number of carbonyl (C=O) groups excluding carboxylic acids is 3. The lowest BCUT2D eigenvalue weighted by Gasteiger charge is -2.31. The number of carbonyl (C=O) groups is 3. The Bertz CT molecular complexity index is 2850. The van der Waals surface area contributed by atoms with Crippen LogP contribution in [0.1, 0.15) is 74.9 Å². The number of aromatic nitrogens is 2. The zero-order valence-corrected chi connectivity index (χ0v) is 42.5. The molecule has 0 atom stereocenters. The topological polar surface area (TPSA) is 156 Å². The smallest absolute Gasteiger partial charge is 0.412 e. The van der Waals surface area contributed by atoms with Gasteiger partial charge in [-0.1, -0.05) is 72.8 Å². The maximum Gasteiger partial charge on any atom is 0.412 e. The number of H-pyrrole nitrogens is 1. The first kappa shape index (κ1) is 53.3. The van der Waals surface area contributed by atoms with Crippen LogP contribution in [0.15, 0.2) is 140 Å². The minimum absolute atomic E-state index is 0. The molecule has 0 saturated heterocycles. The molecule has 6 aromatic carbocycles. The van der Waals surface area contributed by atoms with Gasteiger partial charge in [-0.2, -0.15) is 0 Å². The van der Waals surface area contributed by atoms with Gasteiger partial charge in [-0.05, 0) is 149 Å². The molecular formula is C56H62Cl2N6O7. The van der Waals surface area contributed by atoms with Crippen LogP contribution in [0.25, 0.3) is 11.0 Å². The highest BCUT2D eigenvalue weighted by Crippen LogP contribution is 2.33. The summed E-state index contributed by atoms with van der Waals surface area (Å²) in [6, 6.07) is 44.1. The molecule has 13 nitrogen and oxygen atoms in total. The number of fused-ring (bicyclic) bond motifs is 3. The van der Waals surface area contributed by atoms with E-state index in [1.807, 2.05) is 92.4 Å². The van der Waals surface area contributed by atoms with Crippen molar-refractivity contribution in [3.8, 4) is 23.0 Å². The molecule has 0 unspecified atom stereocenters. The van der Waals surface area contributed by atoms with E-state index in [2.05, 4.69) is 74.4 Å². The van der Waals surface area contributed by atoms with Crippen molar-refractivity contribution in [1.29, 1.82) is 0 Å². The Balaban J connectivity index is 0.000000245. The molecule has 372 valence electrons. The number of ether oxygens (including phenoxy) is 4. The summed E-state index contributed by atoms with van der Waals surface area (Å²) in [5, 5.41) is 8.90. The summed E-state index contributed by atoms with van der Waals surface area (Å²) >= 11 is 0. The van der Waals surface area contributed by atoms with Crippen LogP contribution in [0, 0.1) is 0 Å². The van der Waals surface area contributed by atoms with Crippen LogP contribution in [-0.4, -0.2) is 56.8 Å². The van der Waals surface area contributed by atoms with E-state index in [1.165, 1.54) is 27.8 Å². The number of hydrogen-bond acceptors (Lipinski definition) is 9. The van der Waals surface area contributed by atoms with Gasteiger partial charge in [-0.15, -0.1) is 24.8 Å². The Hall–Kier alpha value is -7.06. The van der Waals surface area contributed by atoms with Crippen LogP contribution in [-0.2, 0) is 53.0 Å². The number of aromatic amines is 1. The Morgan fingerprint density at radius 3 is 1.73 bits per heavy atom. The van der Waals surface area contributed by atoms with Gasteiger partial charge in [0.2, 0.25) is 6.41 Å². The Labute approximate surface area is 427 Å². The van der Waals surface area contributed by atoms with Crippen LogP contribution < -0.4 is 25.4 Å². The zero-order chi connectivity index (χ0) is 48.5. The molecule has 1 heterocycles. The highest BCUT2D eigenvalue weighted by atomic mass is 35.5. The molecule has 71 heavy (non-hydrogen) atoms. The predicted molar refractivity (Wildman–Crippen MR) is 283 cm³/mol. The van der Waals surface area contributed by atoms with E-state index in [4.69, 9.17) is 18.9 Å². The molecule has 0 aliphatic heterocycles. The number of rotatable bonds is 13. The van der Waals surface area contributed by atoms with Crippen molar-refractivity contribution in [2.24, 2.45) is 0 Å². The molecule has 9 rings (SSSR count). The highest BCUT2D eigenvalue weighted by Gasteiger charge is 2.33. The second kappa shape index (κ2) is 23.7. The lowest BCUT2D eigenvalue weighted by atomic mass is 10.1. The van der Waals surface area contributed by atoms with Crippen molar-refractivity contribution in [2.75, 3.05) is 10.6 Å². The summed E-state index contributed by atoms with van der Waals surface area (Å²) in [5.74, 6) is 2.67. The average Bonchev–Trinajstić information content (AvgIpc) is 4.07. The zero-order valence-electron chi connectivity index (χ0n) is 40.8. The standard InChI is InChI=1S/C33H39N3O6.C23H21N3O.2ClH/c1-32(2,3)41-30(38)35-28-16-15-27(19-29(28)34-21-37)40-26-13-11-22(12-14-26)20-36(31(39)42-33(4,5)6)25-17-23-9-7-8-10-24(23)18-25;1-2-4-18-12-19(11-17(18)3-1)24-14-16-5-7-20(8-6-16)27-21-9-10-22-23(13-21)26-15-25-22;;/h7-16,19,21,25H,17-18,20H2,1-6H3,(H,34,37)(H,35,38);1-10,13,15,19,24H,11-12,14H2,(H,25,26);2*1H. The summed E-state index contributed by atoms with van der Waals surface area (Å²) in [5.41, 5.74) is 9.06. The van der Waals surface area contributed by atoms with E-state index in [-0.39, 0.29) is 36.9 Å². The largest absolute Gasteiger partial charge is 0.457 e. The summed E-state index contributed by atoms with van der Waals surface area (Å²) < 4.78 is 23.0. The maximum absolute atomic E-state index is 13.3. The Morgan fingerprint density at radius 2 is 1.17 bits per heavy atom. The molecule has 0 spiro atoms. The fraction of sp³-hybridized carbons (Fsp3) is 0.286. The molecule has 0 saturated carbocycles. The van der Waals surface area contributed by atoms with Gasteiger partial charge in [0.05, 0.1) is 28.7 Å². The summed E-state index contributed by atoms with van der Waals surface area (Å²) in [7, 11) is 0. The third-order valence-corrected chi connectivity index (χ3v) is 11.6. The molecule has 15 heteroatoms. The van der Waals surface area contributed by atoms with E-state index < -0.39 is 17.3 Å². The van der Waals surface area contributed by atoms with Gasteiger partial charge >= 0.3 is 12.2 Å². The first-order chi connectivity index (χ1) is 33.1. The van der Waals surface area contributed by atoms with Crippen LogP contribution in [0.4, 0.5) is 21.0 Å². The van der Waals surface area contributed by atoms with E-state index >= 15 is 0 Å². The molecule has 4 N–H and O–H groups in total. The molecule has 0 radical (unpaired) electrons. The van der Waals surface area contributed by atoms with Gasteiger partial charge in [0.15, 0.2) is 0 Å². The Morgan fingerprint density at radius 1 is 0.648 bits per heavy atom. The minimum Gasteiger partial charge on any atom is -0.457 e. The van der Waals surface area contributed by atoms with Crippen LogP contribution >= 0.6 is 24.8 Å². The quantitative estimate of drug-likeness (QED) is 0.0826. The maximum atomic E-state index is 13.3. The van der Waals surface area contributed by atoms with E-state index in [9.17, 15) is 14.4 Å². The van der Waals surface area contributed by atoms with Crippen molar-refractivity contribution in [2.45, 2.75) is 104 Å². The number of halogens is 2. The number of benzene rings is 6. The molecule has 2 aliphatic rings. The molecule has 0 fully saturated rings. The summed E-state index contributed by atoms with van der Waals surface area (Å²) in [6.45, 7) is 12.2. The lowest BCUT2D eigenvalue weighted by Crippen LogP contribution is -2.43. The first-order valence-corrected chi connectivity index (χ1v) is 23.3. The molecule has 0 bridgehead atoms. The molecule has 7 aromatic rings. The SMILES string of the molecule is CC(C)(C)OC(=O)Nc1ccc(Oc2ccc(CN(C(=O)OC(C)(C)C)C3Cc4ccccc4C3)cc2)cc1NC=O.Cl.Cl.c1ccc2c(c1)CC(NCc1ccc(Oc3ccc4nc[nH]c4c3)cc1)C2. The number of imidazole rings is 1. The first-order valence-electron chi connectivity index (χ1n) is 23.3. The lowest BCUT2D eigenvalue weighted by molar-refractivity contribution is -0.105. The average molecular weight is 1000 g/mol. The van der Waals surface area contributed by atoms with E-state index in [0.717, 1.165) is 60.3 Å².